The number of hydrogen-bond donors (Lipinski definition) is 1. The number of methoxy groups -OCH3 is 1. The molecule has 1 amide bonds. The van der Waals surface area contributed by atoms with E-state index in [2.05, 4.69) is 10.2 Å². The Morgan fingerprint density at radius 2 is 1.58 bits per heavy atom. The standard InChI is InChI=1S/C29H28Cl2N2O5/c1-33-20-5-3-7-22(34)27(20)26(28-21(33)6-4-8-23(28)35)16-13-19(31)29(24(14-16)37-2)38-15-25(36)32-18-11-9-17(30)10-12-18/h9-14,26H,3-8,15H2,1-2H3,(H,32,36). The second-order valence-electron chi connectivity index (χ2n) is 9.64. The minimum Gasteiger partial charge on any atom is -0.493 e. The molecule has 2 aromatic carbocycles. The summed E-state index contributed by atoms with van der Waals surface area (Å²) in [6.45, 7) is -0.298. The van der Waals surface area contributed by atoms with Crippen molar-refractivity contribution in [3.05, 3.63) is 74.5 Å². The number of amides is 1. The zero-order valence-corrected chi connectivity index (χ0v) is 22.7. The zero-order chi connectivity index (χ0) is 27.0. The molecule has 9 heteroatoms. The highest BCUT2D eigenvalue weighted by Gasteiger charge is 2.42. The molecule has 0 spiro atoms. The van der Waals surface area contributed by atoms with Crippen LogP contribution < -0.4 is 14.8 Å². The van der Waals surface area contributed by atoms with Crippen LogP contribution in [0.2, 0.25) is 10.0 Å². The Kier molecular flexibility index (Phi) is 7.50. The highest BCUT2D eigenvalue weighted by Crippen LogP contribution is 2.50. The fraction of sp³-hybridized carbons (Fsp3) is 0.345. The molecule has 1 N–H and O–H groups in total. The first-order chi connectivity index (χ1) is 18.3. The van der Waals surface area contributed by atoms with E-state index >= 15 is 0 Å². The molecular formula is C29H28Cl2N2O5. The molecule has 1 heterocycles. The Morgan fingerprint density at radius 1 is 0.974 bits per heavy atom. The highest BCUT2D eigenvalue weighted by molar-refractivity contribution is 6.32. The summed E-state index contributed by atoms with van der Waals surface area (Å²) in [5.41, 5.74) is 4.58. The third-order valence-corrected chi connectivity index (χ3v) is 7.84. The number of ether oxygens (including phenoxy) is 2. The van der Waals surface area contributed by atoms with Gasteiger partial charge in [-0.2, -0.15) is 0 Å². The molecule has 38 heavy (non-hydrogen) atoms. The normalized spacial score (nSPS) is 17.8. The number of halogens is 2. The van der Waals surface area contributed by atoms with E-state index in [0.717, 1.165) is 37.1 Å². The van der Waals surface area contributed by atoms with E-state index in [1.54, 1.807) is 36.4 Å². The van der Waals surface area contributed by atoms with Crippen LogP contribution in [0.15, 0.2) is 58.9 Å². The average molecular weight is 555 g/mol. The second-order valence-corrected chi connectivity index (χ2v) is 10.5. The first-order valence-corrected chi connectivity index (χ1v) is 13.4. The van der Waals surface area contributed by atoms with Gasteiger partial charge in [0.25, 0.3) is 5.91 Å². The predicted octanol–water partition coefficient (Wildman–Crippen LogP) is 6.06. The summed E-state index contributed by atoms with van der Waals surface area (Å²) in [5.74, 6) is -0.239. The number of carbonyl (C=O) groups excluding carboxylic acids is 3. The molecule has 3 aliphatic rings. The van der Waals surface area contributed by atoms with Crippen molar-refractivity contribution in [3.63, 3.8) is 0 Å². The van der Waals surface area contributed by atoms with Gasteiger partial charge in [0.2, 0.25) is 0 Å². The van der Waals surface area contributed by atoms with E-state index in [9.17, 15) is 14.4 Å². The maximum absolute atomic E-state index is 13.2. The third kappa shape index (κ3) is 4.93. The maximum Gasteiger partial charge on any atom is 0.262 e. The minimum absolute atomic E-state index is 0.0577. The van der Waals surface area contributed by atoms with Crippen LogP contribution >= 0.6 is 23.2 Å². The molecular weight excluding hydrogens is 527 g/mol. The number of carbonyl (C=O) groups is 3. The molecule has 7 nitrogen and oxygen atoms in total. The Hall–Kier alpha value is -3.29. The lowest BCUT2D eigenvalue weighted by Crippen LogP contribution is -2.37. The van der Waals surface area contributed by atoms with Gasteiger partial charge in [-0.3, -0.25) is 14.4 Å². The maximum atomic E-state index is 13.2. The molecule has 0 aromatic heterocycles. The van der Waals surface area contributed by atoms with Crippen molar-refractivity contribution >= 4 is 46.4 Å². The average Bonchev–Trinajstić information content (AvgIpc) is 2.90. The Bertz CT molecular complexity index is 1340. The Morgan fingerprint density at radius 3 is 2.16 bits per heavy atom. The molecule has 0 bridgehead atoms. The van der Waals surface area contributed by atoms with E-state index in [-0.39, 0.29) is 34.9 Å². The van der Waals surface area contributed by atoms with Gasteiger partial charge in [0.1, 0.15) is 0 Å². The largest absolute Gasteiger partial charge is 0.493 e. The number of nitrogens with one attached hydrogen (secondary N) is 1. The molecule has 0 unspecified atom stereocenters. The summed E-state index contributed by atoms with van der Waals surface area (Å²) in [5, 5.41) is 3.53. The molecule has 2 aromatic rings. The topological polar surface area (TPSA) is 84.9 Å². The number of benzene rings is 2. The van der Waals surface area contributed by atoms with Crippen LogP contribution in [0.1, 0.15) is 50.0 Å². The SMILES string of the molecule is COc1cc(C2C3=C(CCCC3=O)N(C)C3=C2C(=O)CCC3)cc(Cl)c1OCC(=O)Nc1ccc(Cl)cc1. The van der Waals surface area contributed by atoms with Crippen molar-refractivity contribution in [3.8, 4) is 11.5 Å². The van der Waals surface area contributed by atoms with Crippen molar-refractivity contribution < 1.29 is 23.9 Å². The Balaban J connectivity index is 1.47. The van der Waals surface area contributed by atoms with Crippen LogP contribution in [0, 0.1) is 0 Å². The summed E-state index contributed by atoms with van der Waals surface area (Å²) in [6.07, 6.45) is 4.06. The molecule has 0 fully saturated rings. The predicted molar refractivity (Wildman–Crippen MR) is 146 cm³/mol. The van der Waals surface area contributed by atoms with Crippen molar-refractivity contribution in [1.29, 1.82) is 0 Å². The lowest BCUT2D eigenvalue weighted by atomic mass is 9.71. The molecule has 198 valence electrons. The number of ketones is 2. The quantitative estimate of drug-likeness (QED) is 0.467. The number of Topliss-reactive ketones (excluding diaryl/α,β-unsaturated/α-hetero) is 2. The van der Waals surface area contributed by atoms with Crippen molar-refractivity contribution in [1.82, 2.24) is 4.90 Å². The van der Waals surface area contributed by atoms with E-state index in [1.807, 2.05) is 7.05 Å². The lowest BCUT2D eigenvalue weighted by molar-refractivity contribution is -0.118. The smallest absolute Gasteiger partial charge is 0.262 e. The summed E-state index contributed by atoms with van der Waals surface area (Å²) in [6, 6.07) is 10.2. The molecule has 0 saturated carbocycles. The summed E-state index contributed by atoms with van der Waals surface area (Å²) in [4.78, 5) is 41.0. The van der Waals surface area contributed by atoms with E-state index in [4.69, 9.17) is 32.7 Å². The molecule has 1 aliphatic heterocycles. The van der Waals surface area contributed by atoms with Crippen LogP contribution in [0.4, 0.5) is 5.69 Å². The van der Waals surface area contributed by atoms with Gasteiger partial charge in [0.05, 0.1) is 12.1 Å². The van der Waals surface area contributed by atoms with E-state index in [1.165, 1.54) is 7.11 Å². The minimum atomic E-state index is -0.509. The fourth-order valence-corrected chi connectivity index (χ4v) is 6.00. The number of nitrogens with zero attached hydrogens (tertiary/aromatic N) is 1. The molecule has 0 atom stereocenters. The first kappa shape index (κ1) is 26.3. The third-order valence-electron chi connectivity index (χ3n) is 7.31. The number of allylic oxidation sites excluding steroid dienone is 4. The summed E-state index contributed by atoms with van der Waals surface area (Å²) >= 11 is 12.6. The highest BCUT2D eigenvalue weighted by atomic mass is 35.5. The van der Waals surface area contributed by atoms with Gasteiger partial charge >= 0.3 is 0 Å². The van der Waals surface area contributed by atoms with Crippen LogP contribution in [0.5, 0.6) is 11.5 Å². The monoisotopic (exact) mass is 554 g/mol. The van der Waals surface area contributed by atoms with Crippen molar-refractivity contribution in [2.75, 3.05) is 26.1 Å². The Labute approximate surface area is 231 Å². The number of rotatable bonds is 6. The van der Waals surface area contributed by atoms with Gasteiger partial charge in [-0.05, 0) is 67.6 Å². The van der Waals surface area contributed by atoms with Gasteiger partial charge in [-0.25, -0.2) is 0 Å². The van der Waals surface area contributed by atoms with Gasteiger partial charge in [-0.1, -0.05) is 23.2 Å². The van der Waals surface area contributed by atoms with Crippen LogP contribution in [0.3, 0.4) is 0 Å². The zero-order valence-electron chi connectivity index (χ0n) is 21.2. The van der Waals surface area contributed by atoms with Gasteiger partial charge in [0, 0.05) is 59.1 Å². The number of anilines is 1. The van der Waals surface area contributed by atoms with Crippen LogP contribution in [-0.2, 0) is 14.4 Å². The first-order valence-electron chi connectivity index (χ1n) is 12.6. The van der Waals surface area contributed by atoms with Crippen molar-refractivity contribution in [2.24, 2.45) is 0 Å². The van der Waals surface area contributed by atoms with E-state index < -0.39 is 5.92 Å². The van der Waals surface area contributed by atoms with Gasteiger partial charge in [-0.15, -0.1) is 0 Å². The molecule has 2 aliphatic carbocycles. The molecule has 5 rings (SSSR count). The molecule has 0 radical (unpaired) electrons. The summed E-state index contributed by atoms with van der Waals surface area (Å²) in [7, 11) is 3.44. The molecule has 0 saturated heterocycles. The lowest BCUT2D eigenvalue weighted by Gasteiger charge is -2.42. The van der Waals surface area contributed by atoms with Gasteiger partial charge in [0.15, 0.2) is 29.7 Å². The number of hydrogen-bond acceptors (Lipinski definition) is 6. The second kappa shape index (κ2) is 10.8. The van der Waals surface area contributed by atoms with E-state index in [0.29, 0.717) is 46.0 Å². The van der Waals surface area contributed by atoms with Crippen LogP contribution in [0.25, 0.3) is 0 Å². The van der Waals surface area contributed by atoms with Gasteiger partial charge < -0.3 is 19.7 Å². The van der Waals surface area contributed by atoms with Crippen molar-refractivity contribution in [2.45, 2.75) is 44.4 Å². The van der Waals surface area contributed by atoms with Crippen LogP contribution in [-0.4, -0.2) is 43.1 Å². The fourth-order valence-electron chi connectivity index (χ4n) is 5.60. The summed E-state index contributed by atoms with van der Waals surface area (Å²) < 4.78 is 11.4.